The Bertz CT molecular complexity index is 124. The Morgan fingerprint density at radius 1 is 1.73 bits per heavy atom. The summed E-state index contributed by atoms with van der Waals surface area (Å²) in [5, 5.41) is 6.11. The minimum atomic E-state index is 0. The van der Waals surface area contributed by atoms with E-state index in [1.807, 2.05) is 6.92 Å². The van der Waals surface area contributed by atoms with Gasteiger partial charge >= 0.3 is 0 Å². The lowest BCUT2D eigenvalue weighted by Gasteiger charge is -2.08. The number of carbonyl (C=O) groups is 1. The fourth-order valence-electron chi connectivity index (χ4n) is 1.11. The summed E-state index contributed by atoms with van der Waals surface area (Å²) in [7, 11) is 0. The van der Waals surface area contributed by atoms with E-state index < -0.39 is 0 Å². The largest absolute Gasteiger partial charge is 0.352 e. The molecule has 3 nitrogen and oxygen atoms in total. The highest BCUT2D eigenvalue weighted by Crippen LogP contribution is 1.96. The molecule has 0 radical (unpaired) electrons. The van der Waals surface area contributed by atoms with Gasteiger partial charge in [0.25, 0.3) is 0 Å². The molecule has 1 heterocycles. The quantitative estimate of drug-likeness (QED) is 0.639. The van der Waals surface area contributed by atoms with Crippen molar-refractivity contribution in [2.24, 2.45) is 0 Å². The van der Waals surface area contributed by atoms with Gasteiger partial charge in [-0.1, -0.05) is 6.92 Å². The first-order chi connectivity index (χ1) is 4.83. The zero-order valence-corrected chi connectivity index (χ0v) is 7.54. The lowest BCUT2D eigenvalue weighted by atomic mass is 10.2. The summed E-state index contributed by atoms with van der Waals surface area (Å²) in [5.41, 5.74) is 0. The minimum absolute atomic E-state index is 0. The van der Waals surface area contributed by atoms with Crippen LogP contribution in [-0.4, -0.2) is 25.0 Å². The molecule has 2 N–H and O–H groups in total. The van der Waals surface area contributed by atoms with E-state index in [4.69, 9.17) is 0 Å². The molecule has 1 saturated heterocycles. The van der Waals surface area contributed by atoms with E-state index in [0.29, 0.717) is 12.5 Å². The maximum Gasteiger partial charge on any atom is 0.219 e. The van der Waals surface area contributed by atoms with Crippen LogP contribution >= 0.6 is 12.4 Å². The molecule has 0 unspecified atom stereocenters. The highest BCUT2D eigenvalue weighted by molar-refractivity contribution is 5.85. The molecule has 0 aromatic carbocycles. The molecule has 1 atom stereocenters. The molecule has 0 aromatic heterocycles. The molecule has 11 heavy (non-hydrogen) atoms. The van der Waals surface area contributed by atoms with Crippen LogP contribution < -0.4 is 10.6 Å². The molecular formula is C7H15ClN2O. The first-order valence-electron chi connectivity index (χ1n) is 3.83. The molecule has 66 valence electrons. The van der Waals surface area contributed by atoms with Gasteiger partial charge in [-0.25, -0.2) is 0 Å². The van der Waals surface area contributed by atoms with Crippen LogP contribution in [-0.2, 0) is 4.79 Å². The molecule has 1 aliphatic rings. The molecule has 0 aromatic rings. The number of nitrogens with one attached hydrogen (secondary N) is 2. The molecule has 0 bridgehead atoms. The predicted molar refractivity (Wildman–Crippen MR) is 47.0 cm³/mol. The van der Waals surface area contributed by atoms with Gasteiger partial charge in [-0.15, -0.1) is 12.4 Å². The average molecular weight is 179 g/mol. The fourth-order valence-corrected chi connectivity index (χ4v) is 1.11. The van der Waals surface area contributed by atoms with Crippen molar-refractivity contribution in [3.63, 3.8) is 0 Å². The molecule has 0 spiro atoms. The van der Waals surface area contributed by atoms with Gasteiger partial charge < -0.3 is 10.6 Å². The van der Waals surface area contributed by atoms with Crippen molar-refractivity contribution in [1.82, 2.24) is 10.6 Å². The summed E-state index contributed by atoms with van der Waals surface area (Å²) < 4.78 is 0. The van der Waals surface area contributed by atoms with Gasteiger partial charge in [0.15, 0.2) is 0 Å². The summed E-state index contributed by atoms with van der Waals surface area (Å²) in [6.45, 7) is 3.85. The van der Waals surface area contributed by atoms with Crippen molar-refractivity contribution in [3.05, 3.63) is 0 Å². The van der Waals surface area contributed by atoms with Gasteiger partial charge in [-0.05, 0) is 13.0 Å². The van der Waals surface area contributed by atoms with Crippen molar-refractivity contribution in [3.8, 4) is 0 Å². The lowest BCUT2D eigenvalue weighted by Crippen LogP contribution is -2.35. The Hall–Kier alpha value is -0.280. The number of halogens is 1. The third-order valence-corrected chi connectivity index (χ3v) is 1.75. The summed E-state index contributed by atoms with van der Waals surface area (Å²) in [4.78, 5) is 10.8. The van der Waals surface area contributed by atoms with E-state index >= 15 is 0 Å². The molecule has 1 rings (SSSR count). The molecule has 4 heteroatoms. The van der Waals surface area contributed by atoms with Gasteiger partial charge in [-0.2, -0.15) is 0 Å². The van der Waals surface area contributed by atoms with Crippen LogP contribution in [0.4, 0.5) is 0 Å². The molecule has 0 aliphatic carbocycles. The van der Waals surface area contributed by atoms with E-state index in [1.165, 1.54) is 0 Å². The number of carbonyl (C=O) groups excluding carboxylic acids is 1. The molecular weight excluding hydrogens is 164 g/mol. The second-order valence-electron chi connectivity index (χ2n) is 2.61. The van der Waals surface area contributed by atoms with Crippen LogP contribution in [0.25, 0.3) is 0 Å². The fraction of sp³-hybridized carbons (Fsp3) is 0.857. The van der Waals surface area contributed by atoms with Gasteiger partial charge in [0.2, 0.25) is 5.91 Å². The van der Waals surface area contributed by atoms with Crippen LogP contribution in [0.1, 0.15) is 19.8 Å². The van der Waals surface area contributed by atoms with E-state index in [2.05, 4.69) is 10.6 Å². The minimum Gasteiger partial charge on any atom is -0.352 e. The second kappa shape index (κ2) is 5.38. The Morgan fingerprint density at radius 3 is 2.91 bits per heavy atom. The normalized spacial score (nSPS) is 22.5. The third kappa shape index (κ3) is 3.58. The highest BCUT2D eigenvalue weighted by atomic mass is 35.5. The topological polar surface area (TPSA) is 41.1 Å². The molecule has 1 amide bonds. The molecule has 0 saturated carbocycles. The number of amides is 1. The van der Waals surface area contributed by atoms with Gasteiger partial charge in [0, 0.05) is 19.0 Å². The Labute approximate surface area is 73.3 Å². The van der Waals surface area contributed by atoms with Crippen LogP contribution in [0.5, 0.6) is 0 Å². The predicted octanol–water partition coefficient (Wildman–Crippen LogP) is 0.296. The van der Waals surface area contributed by atoms with Gasteiger partial charge in [0.1, 0.15) is 0 Å². The van der Waals surface area contributed by atoms with Crippen molar-refractivity contribution >= 4 is 18.3 Å². The van der Waals surface area contributed by atoms with Crippen molar-refractivity contribution in [1.29, 1.82) is 0 Å². The maximum atomic E-state index is 10.8. The number of rotatable bonds is 2. The van der Waals surface area contributed by atoms with Crippen LogP contribution in [0.3, 0.4) is 0 Å². The van der Waals surface area contributed by atoms with Crippen LogP contribution in [0.15, 0.2) is 0 Å². The average Bonchev–Trinajstić information content (AvgIpc) is 2.40. The van der Waals surface area contributed by atoms with Crippen molar-refractivity contribution in [2.45, 2.75) is 25.8 Å². The van der Waals surface area contributed by atoms with E-state index in [-0.39, 0.29) is 18.3 Å². The first kappa shape index (κ1) is 10.7. The Kier molecular flexibility index (Phi) is 5.24. The van der Waals surface area contributed by atoms with E-state index in [0.717, 1.165) is 19.5 Å². The summed E-state index contributed by atoms with van der Waals surface area (Å²) in [6.07, 6.45) is 1.67. The first-order valence-corrected chi connectivity index (χ1v) is 3.83. The van der Waals surface area contributed by atoms with Crippen LogP contribution in [0.2, 0.25) is 0 Å². The molecule has 1 aliphatic heterocycles. The maximum absolute atomic E-state index is 10.8. The van der Waals surface area contributed by atoms with Crippen LogP contribution in [0, 0.1) is 0 Å². The SMILES string of the molecule is CCC(=O)N[C@@H]1CCNC1.Cl. The summed E-state index contributed by atoms with van der Waals surface area (Å²) >= 11 is 0. The summed E-state index contributed by atoms with van der Waals surface area (Å²) in [6, 6.07) is 0.382. The van der Waals surface area contributed by atoms with E-state index in [9.17, 15) is 4.79 Å². The van der Waals surface area contributed by atoms with Gasteiger partial charge in [-0.3, -0.25) is 4.79 Å². The van der Waals surface area contributed by atoms with E-state index in [1.54, 1.807) is 0 Å². The van der Waals surface area contributed by atoms with Crippen molar-refractivity contribution < 1.29 is 4.79 Å². The third-order valence-electron chi connectivity index (χ3n) is 1.75. The second-order valence-corrected chi connectivity index (χ2v) is 2.61. The number of hydrogen-bond acceptors (Lipinski definition) is 2. The Morgan fingerprint density at radius 2 is 2.45 bits per heavy atom. The zero-order chi connectivity index (χ0) is 7.40. The Balaban J connectivity index is 0.000001000. The van der Waals surface area contributed by atoms with Crippen molar-refractivity contribution in [2.75, 3.05) is 13.1 Å². The standard InChI is InChI=1S/C7H14N2O.ClH/c1-2-7(10)9-6-3-4-8-5-6;/h6,8H,2-5H2,1H3,(H,9,10);1H/t6-;/m1./s1. The lowest BCUT2D eigenvalue weighted by molar-refractivity contribution is -0.121. The summed E-state index contributed by atoms with van der Waals surface area (Å²) in [5.74, 6) is 0.161. The number of hydrogen-bond donors (Lipinski definition) is 2. The van der Waals surface area contributed by atoms with Gasteiger partial charge in [0.05, 0.1) is 0 Å². The zero-order valence-electron chi connectivity index (χ0n) is 6.72. The smallest absolute Gasteiger partial charge is 0.219 e. The molecule has 1 fully saturated rings. The highest BCUT2D eigenvalue weighted by Gasteiger charge is 2.14. The monoisotopic (exact) mass is 178 g/mol.